The predicted molar refractivity (Wildman–Crippen MR) is 122 cm³/mol. The zero-order chi connectivity index (χ0) is 23.1. The largest absolute Gasteiger partial charge is 0.493 e. The molecule has 0 unspecified atom stereocenters. The first kappa shape index (κ1) is 23.1. The number of nitrogens with one attached hydrogen (secondary N) is 1. The fourth-order valence-corrected chi connectivity index (χ4v) is 3.17. The van der Waals surface area contributed by atoms with Crippen LogP contribution in [0.15, 0.2) is 65.8 Å². The highest BCUT2D eigenvalue weighted by Gasteiger charge is 2.13. The van der Waals surface area contributed by atoms with E-state index in [-0.39, 0.29) is 16.3 Å². The number of esters is 1. The summed E-state index contributed by atoms with van der Waals surface area (Å²) in [7, 11) is 3.00. The number of carbonyl (C=O) groups excluding carboxylic acids is 2. The highest BCUT2D eigenvalue weighted by Crippen LogP contribution is 2.27. The van der Waals surface area contributed by atoms with E-state index >= 15 is 0 Å². The topological polar surface area (TPSA) is 86.2 Å². The van der Waals surface area contributed by atoms with Crippen LogP contribution in [-0.4, -0.2) is 32.3 Å². The summed E-state index contributed by atoms with van der Waals surface area (Å²) >= 11 is 11.9. The molecule has 1 N–H and O–H groups in total. The maximum absolute atomic E-state index is 12.4. The van der Waals surface area contributed by atoms with Crippen molar-refractivity contribution >= 4 is 41.3 Å². The standard InChI is InChI=1S/C23H18Cl2N2O5/c1-30-20-9-6-15(11-21(20)31-2)22(28)27-26-13-14-4-3-5-17(10-14)32-23(29)18-8-7-16(24)12-19(18)25/h3-13H,1-2H3,(H,27,28)/b26-13+. The van der Waals surface area contributed by atoms with Crippen LogP contribution in [0.5, 0.6) is 17.2 Å². The zero-order valence-electron chi connectivity index (χ0n) is 17.1. The van der Waals surface area contributed by atoms with Gasteiger partial charge in [0.05, 0.1) is 31.0 Å². The van der Waals surface area contributed by atoms with Crippen LogP contribution in [0.2, 0.25) is 10.0 Å². The summed E-state index contributed by atoms with van der Waals surface area (Å²) in [6, 6.07) is 15.9. The molecule has 3 aromatic rings. The molecule has 3 aromatic carbocycles. The lowest BCUT2D eigenvalue weighted by molar-refractivity contribution is 0.0734. The Bertz CT molecular complexity index is 1180. The normalized spacial score (nSPS) is 10.6. The molecule has 164 valence electrons. The minimum absolute atomic E-state index is 0.192. The van der Waals surface area contributed by atoms with Crippen LogP contribution < -0.4 is 19.6 Å². The van der Waals surface area contributed by atoms with Gasteiger partial charge in [0.1, 0.15) is 5.75 Å². The van der Waals surface area contributed by atoms with Gasteiger partial charge in [-0.2, -0.15) is 5.10 Å². The second kappa shape index (κ2) is 10.7. The molecule has 0 atom stereocenters. The first-order chi connectivity index (χ1) is 15.4. The van der Waals surface area contributed by atoms with E-state index in [2.05, 4.69) is 10.5 Å². The van der Waals surface area contributed by atoms with E-state index in [1.165, 1.54) is 32.6 Å². The van der Waals surface area contributed by atoms with Crippen molar-refractivity contribution in [2.24, 2.45) is 5.10 Å². The van der Waals surface area contributed by atoms with E-state index in [0.29, 0.717) is 27.6 Å². The number of benzene rings is 3. The van der Waals surface area contributed by atoms with Gasteiger partial charge in [0.15, 0.2) is 11.5 Å². The molecule has 0 aromatic heterocycles. The molecule has 0 aliphatic rings. The number of hydrogen-bond acceptors (Lipinski definition) is 6. The second-order valence-corrected chi connectivity index (χ2v) is 7.20. The number of hydrogen-bond donors (Lipinski definition) is 1. The molecule has 0 saturated carbocycles. The predicted octanol–water partition coefficient (Wildman–Crippen LogP) is 4.99. The Hall–Kier alpha value is -3.55. The molecule has 0 fully saturated rings. The van der Waals surface area contributed by atoms with Gasteiger partial charge in [-0.15, -0.1) is 0 Å². The maximum Gasteiger partial charge on any atom is 0.345 e. The average Bonchev–Trinajstić information content (AvgIpc) is 2.78. The third-order valence-electron chi connectivity index (χ3n) is 4.25. The highest BCUT2D eigenvalue weighted by atomic mass is 35.5. The molecule has 0 spiro atoms. The summed E-state index contributed by atoms with van der Waals surface area (Å²) in [6.45, 7) is 0. The van der Waals surface area contributed by atoms with E-state index in [4.69, 9.17) is 37.4 Å². The van der Waals surface area contributed by atoms with Gasteiger partial charge in [-0.05, 0) is 54.1 Å². The summed E-state index contributed by atoms with van der Waals surface area (Å²) in [5, 5.41) is 4.55. The van der Waals surface area contributed by atoms with Crippen molar-refractivity contribution in [2.45, 2.75) is 0 Å². The van der Waals surface area contributed by atoms with Gasteiger partial charge in [0.25, 0.3) is 5.91 Å². The average molecular weight is 473 g/mol. The monoisotopic (exact) mass is 472 g/mol. The lowest BCUT2D eigenvalue weighted by Crippen LogP contribution is -2.17. The Kier molecular flexibility index (Phi) is 7.70. The Morgan fingerprint density at radius 1 is 0.938 bits per heavy atom. The number of amides is 1. The van der Waals surface area contributed by atoms with Crippen molar-refractivity contribution in [2.75, 3.05) is 14.2 Å². The minimum Gasteiger partial charge on any atom is -0.493 e. The lowest BCUT2D eigenvalue weighted by Gasteiger charge is -2.08. The minimum atomic E-state index is -0.623. The van der Waals surface area contributed by atoms with Crippen molar-refractivity contribution in [3.8, 4) is 17.2 Å². The number of halogens is 2. The van der Waals surface area contributed by atoms with E-state index in [0.717, 1.165) is 0 Å². The number of hydrazone groups is 1. The van der Waals surface area contributed by atoms with E-state index in [9.17, 15) is 9.59 Å². The number of rotatable bonds is 7. The zero-order valence-corrected chi connectivity index (χ0v) is 18.6. The van der Waals surface area contributed by atoms with E-state index < -0.39 is 11.9 Å². The number of ether oxygens (including phenoxy) is 3. The van der Waals surface area contributed by atoms with Crippen molar-refractivity contribution < 1.29 is 23.8 Å². The molecule has 0 radical (unpaired) electrons. The molecule has 1 amide bonds. The number of methoxy groups -OCH3 is 2. The van der Waals surface area contributed by atoms with Gasteiger partial charge in [0.2, 0.25) is 0 Å². The SMILES string of the molecule is COc1ccc(C(=O)N/N=C/c2cccc(OC(=O)c3ccc(Cl)cc3Cl)c2)cc1OC. The molecular weight excluding hydrogens is 455 g/mol. The van der Waals surface area contributed by atoms with Crippen LogP contribution >= 0.6 is 23.2 Å². The van der Waals surface area contributed by atoms with Crippen molar-refractivity contribution in [3.05, 3.63) is 87.4 Å². The summed E-state index contributed by atoms with van der Waals surface area (Å²) in [5.74, 6) is 0.180. The van der Waals surface area contributed by atoms with Crippen LogP contribution in [0.4, 0.5) is 0 Å². The summed E-state index contributed by atoms with van der Waals surface area (Å²) in [5.41, 5.74) is 3.57. The molecule has 3 rings (SSSR count). The molecule has 0 saturated heterocycles. The molecule has 0 aliphatic heterocycles. The summed E-state index contributed by atoms with van der Waals surface area (Å²) in [4.78, 5) is 24.7. The molecule has 7 nitrogen and oxygen atoms in total. The van der Waals surface area contributed by atoms with Gasteiger partial charge in [0, 0.05) is 10.6 Å². The smallest absolute Gasteiger partial charge is 0.345 e. The fraction of sp³-hybridized carbons (Fsp3) is 0.0870. The van der Waals surface area contributed by atoms with Gasteiger partial charge < -0.3 is 14.2 Å². The number of carbonyl (C=O) groups is 2. The molecule has 0 heterocycles. The Balaban J connectivity index is 1.65. The van der Waals surface area contributed by atoms with E-state index in [1.54, 1.807) is 48.5 Å². The van der Waals surface area contributed by atoms with Gasteiger partial charge in [-0.1, -0.05) is 35.3 Å². The Morgan fingerprint density at radius 3 is 2.44 bits per heavy atom. The van der Waals surface area contributed by atoms with Crippen LogP contribution in [0, 0.1) is 0 Å². The Labute approximate surface area is 194 Å². The second-order valence-electron chi connectivity index (χ2n) is 6.36. The van der Waals surface area contributed by atoms with Crippen molar-refractivity contribution in [1.82, 2.24) is 5.43 Å². The van der Waals surface area contributed by atoms with Crippen LogP contribution in [0.1, 0.15) is 26.3 Å². The quantitative estimate of drug-likeness (QED) is 0.226. The molecular formula is C23H18Cl2N2O5. The number of nitrogens with zero attached hydrogens (tertiary/aromatic N) is 1. The molecule has 9 heteroatoms. The highest BCUT2D eigenvalue weighted by molar-refractivity contribution is 6.36. The van der Waals surface area contributed by atoms with Crippen LogP contribution in [-0.2, 0) is 0 Å². The van der Waals surface area contributed by atoms with Gasteiger partial charge in [-0.25, -0.2) is 10.2 Å². The first-order valence-corrected chi connectivity index (χ1v) is 9.99. The van der Waals surface area contributed by atoms with Crippen LogP contribution in [0.3, 0.4) is 0 Å². The molecule has 32 heavy (non-hydrogen) atoms. The maximum atomic E-state index is 12.4. The van der Waals surface area contributed by atoms with Gasteiger partial charge in [-0.3, -0.25) is 4.79 Å². The first-order valence-electron chi connectivity index (χ1n) is 9.24. The fourth-order valence-electron chi connectivity index (χ4n) is 2.68. The van der Waals surface area contributed by atoms with Crippen molar-refractivity contribution in [3.63, 3.8) is 0 Å². The molecule has 0 aliphatic carbocycles. The van der Waals surface area contributed by atoms with Crippen LogP contribution in [0.25, 0.3) is 0 Å². The van der Waals surface area contributed by atoms with E-state index in [1.807, 2.05) is 0 Å². The Morgan fingerprint density at radius 2 is 1.72 bits per heavy atom. The van der Waals surface area contributed by atoms with Crippen molar-refractivity contribution in [1.29, 1.82) is 0 Å². The third kappa shape index (κ3) is 5.78. The summed E-state index contributed by atoms with van der Waals surface area (Å²) in [6.07, 6.45) is 1.42. The van der Waals surface area contributed by atoms with Gasteiger partial charge >= 0.3 is 5.97 Å². The third-order valence-corrected chi connectivity index (χ3v) is 4.79. The lowest BCUT2D eigenvalue weighted by atomic mass is 10.2. The molecule has 0 bridgehead atoms. The summed E-state index contributed by atoms with van der Waals surface area (Å²) < 4.78 is 15.7.